The van der Waals surface area contributed by atoms with Crippen LogP contribution >= 0.6 is 0 Å². The third kappa shape index (κ3) is 2.51. The van der Waals surface area contributed by atoms with Crippen LogP contribution in [0.4, 0.5) is 0 Å². The first kappa shape index (κ1) is 10.9. The molecule has 16 heavy (non-hydrogen) atoms. The predicted octanol–water partition coefficient (Wildman–Crippen LogP) is 3.43. The maximum atomic E-state index is 4.61. The Morgan fingerprint density at radius 1 is 1.25 bits per heavy atom. The summed E-state index contributed by atoms with van der Waals surface area (Å²) >= 11 is 0. The average Bonchev–Trinajstić information content (AvgIpc) is 2.30. The Balaban J connectivity index is 2.23. The van der Waals surface area contributed by atoms with Gasteiger partial charge in [-0.05, 0) is 25.0 Å². The van der Waals surface area contributed by atoms with Crippen molar-refractivity contribution in [1.29, 1.82) is 0 Å². The van der Waals surface area contributed by atoms with Crippen molar-refractivity contribution in [1.82, 2.24) is 5.32 Å². The van der Waals surface area contributed by atoms with Crippen LogP contribution in [0.1, 0.15) is 38.3 Å². The molecule has 0 bridgehead atoms. The smallest absolute Gasteiger partial charge is 0.0984 e. The monoisotopic (exact) mass is 214 g/mol. The second-order valence-electron chi connectivity index (χ2n) is 4.14. The van der Waals surface area contributed by atoms with E-state index in [0.29, 0.717) is 0 Å². The van der Waals surface area contributed by atoms with Gasteiger partial charge in [-0.1, -0.05) is 43.7 Å². The maximum absolute atomic E-state index is 4.61. The molecule has 1 atom stereocenters. The van der Waals surface area contributed by atoms with Crippen LogP contribution in [0.25, 0.3) is 0 Å². The molecule has 1 unspecified atom stereocenters. The van der Waals surface area contributed by atoms with Gasteiger partial charge in [-0.15, -0.1) is 0 Å². The molecule has 1 N–H and O–H groups in total. The van der Waals surface area contributed by atoms with E-state index >= 15 is 0 Å². The van der Waals surface area contributed by atoms with Crippen LogP contribution in [0.3, 0.4) is 0 Å². The van der Waals surface area contributed by atoms with Gasteiger partial charge in [0.05, 0.1) is 11.9 Å². The number of aliphatic imine (C=N–C) groups is 1. The Morgan fingerprint density at radius 2 is 2.00 bits per heavy atom. The minimum Gasteiger partial charge on any atom is -0.348 e. The number of nitrogens with zero attached hydrogens (tertiary/aromatic N) is 1. The van der Waals surface area contributed by atoms with E-state index in [9.17, 15) is 0 Å². The zero-order valence-electron chi connectivity index (χ0n) is 9.90. The summed E-state index contributed by atoms with van der Waals surface area (Å²) in [6.07, 6.45) is 4.48. The fourth-order valence-corrected chi connectivity index (χ4v) is 1.98. The van der Waals surface area contributed by atoms with Gasteiger partial charge in [-0.2, -0.15) is 0 Å². The van der Waals surface area contributed by atoms with Crippen LogP contribution in [0.2, 0.25) is 0 Å². The molecule has 2 nitrogen and oxygen atoms in total. The maximum Gasteiger partial charge on any atom is 0.0984 e. The molecule has 1 aliphatic heterocycles. The van der Waals surface area contributed by atoms with Crippen molar-refractivity contribution in [3.63, 3.8) is 0 Å². The van der Waals surface area contributed by atoms with Gasteiger partial charge < -0.3 is 5.32 Å². The Morgan fingerprint density at radius 3 is 2.69 bits per heavy atom. The summed E-state index contributed by atoms with van der Waals surface area (Å²) in [5.41, 5.74) is 2.56. The molecular formula is C14H18N2. The largest absolute Gasteiger partial charge is 0.348 e. The van der Waals surface area contributed by atoms with Crippen molar-refractivity contribution in [2.45, 2.75) is 32.7 Å². The number of amidine groups is 1. The minimum absolute atomic E-state index is 0.184. The molecule has 0 saturated carbocycles. The van der Waals surface area contributed by atoms with E-state index < -0.39 is 0 Å². The number of rotatable bonds is 3. The van der Waals surface area contributed by atoms with Gasteiger partial charge >= 0.3 is 0 Å². The van der Waals surface area contributed by atoms with Gasteiger partial charge in [0.1, 0.15) is 0 Å². The first-order valence-corrected chi connectivity index (χ1v) is 5.86. The highest BCUT2D eigenvalue weighted by Crippen LogP contribution is 2.23. The van der Waals surface area contributed by atoms with E-state index in [4.69, 9.17) is 0 Å². The topological polar surface area (TPSA) is 24.4 Å². The summed E-state index contributed by atoms with van der Waals surface area (Å²) in [5.74, 6) is 1.01. The molecule has 0 aromatic heterocycles. The van der Waals surface area contributed by atoms with Gasteiger partial charge in [0.25, 0.3) is 0 Å². The molecule has 0 radical (unpaired) electrons. The van der Waals surface area contributed by atoms with Gasteiger partial charge in [-0.3, -0.25) is 4.99 Å². The molecule has 84 valence electrons. The van der Waals surface area contributed by atoms with Crippen LogP contribution in [-0.4, -0.2) is 5.84 Å². The molecule has 0 amide bonds. The predicted molar refractivity (Wildman–Crippen MR) is 68.4 cm³/mol. The third-order valence-electron chi connectivity index (χ3n) is 2.69. The second-order valence-corrected chi connectivity index (χ2v) is 4.14. The number of hydrogen-bond acceptors (Lipinski definition) is 2. The molecular weight excluding hydrogens is 196 g/mol. The fraction of sp³-hybridized carbons (Fsp3) is 0.357. The zero-order chi connectivity index (χ0) is 11.4. The van der Waals surface area contributed by atoms with Crippen LogP contribution in [0, 0.1) is 0 Å². The van der Waals surface area contributed by atoms with Crippen LogP contribution in [0.5, 0.6) is 0 Å². The summed E-state index contributed by atoms with van der Waals surface area (Å²) < 4.78 is 0. The molecule has 0 fully saturated rings. The van der Waals surface area contributed by atoms with E-state index in [1.807, 2.05) is 13.0 Å². The van der Waals surface area contributed by atoms with Crippen LogP contribution in [0.15, 0.2) is 47.1 Å². The van der Waals surface area contributed by atoms with Gasteiger partial charge in [0.15, 0.2) is 0 Å². The van der Waals surface area contributed by atoms with Crippen LogP contribution < -0.4 is 5.32 Å². The van der Waals surface area contributed by atoms with E-state index in [2.05, 4.69) is 47.6 Å². The summed E-state index contributed by atoms with van der Waals surface area (Å²) in [4.78, 5) is 4.61. The normalized spacial score (nSPS) is 19.8. The highest BCUT2D eigenvalue weighted by atomic mass is 15.0. The third-order valence-corrected chi connectivity index (χ3v) is 2.69. The Bertz CT molecular complexity index is 404. The summed E-state index contributed by atoms with van der Waals surface area (Å²) in [5, 5.41) is 3.33. The van der Waals surface area contributed by atoms with Gasteiger partial charge in [0, 0.05) is 5.70 Å². The van der Waals surface area contributed by atoms with Gasteiger partial charge in [0.2, 0.25) is 0 Å². The van der Waals surface area contributed by atoms with E-state index in [-0.39, 0.29) is 6.04 Å². The van der Waals surface area contributed by atoms with Crippen LogP contribution in [-0.2, 0) is 0 Å². The second kappa shape index (κ2) is 4.97. The first-order valence-electron chi connectivity index (χ1n) is 5.86. The zero-order valence-corrected chi connectivity index (χ0v) is 9.90. The molecule has 1 aromatic rings. The minimum atomic E-state index is 0.184. The average molecular weight is 214 g/mol. The SMILES string of the molecule is CCCC1=CC(c2ccccc2)N=C(C)N1. The van der Waals surface area contributed by atoms with Crippen molar-refractivity contribution in [2.75, 3.05) is 0 Å². The Hall–Kier alpha value is -1.57. The Labute approximate surface area is 97.1 Å². The molecule has 1 aromatic carbocycles. The lowest BCUT2D eigenvalue weighted by molar-refractivity contribution is 0.778. The molecule has 0 spiro atoms. The number of hydrogen-bond donors (Lipinski definition) is 1. The van der Waals surface area contributed by atoms with Crippen molar-refractivity contribution < 1.29 is 0 Å². The lowest BCUT2D eigenvalue weighted by Gasteiger charge is -2.20. The first-order chi connectivity index (χ1) is 7.79. The van der Waals surface area contributed by atoms with Crippen molar-refractivity contribution in [3.05, 3.63) is 47.7 Å². The van der Waals surface area contributed by atoms with Crippen molar-refractivity contribution in [3.8, 4) is 0 Å². The highest BCUT2D eigenvalue weighted by Gasteiger charge is 2.13. The standard InChI is InChI=1S/C14H18N2/c1-3-7-13-10-14(16-11(2)15-13)12-8-5-4-6-9-12/h4-6,8-10,14H,3,7H2,1-2H3,(H,15,16). The molecule has 0 saturated heterocycles. The lowest BCUT2D eigenvalue weighted by Crippen LogP contribution is -2.24. The molecule has 0 aliphatic carbocycles. The summed E-state index contributed by atoms with van der Waals surface area (Å²) in [7, 11) is 0. The number of benzene rings is 1. The van der Waals surface area contributed by atoms with Gasteiger partial charge in [-0.25, -0.2) is 0 Å². The molecule has 2 heteroatoms. The molecule has 1 heterocycles. The van der Waals surface area contributed by atoms with E-state index in [0.717, 1.165) is 18.7 Å². The van der Waals surface area contributed by atoms with Crippen molar-refractivity contribution in [2.24, 2.45) is 4.99 Å². The summed E-state index contributed by atoms with van der Waals surface area (Å²) in [6, 6.07) is 10.6. The Kier molecular flexibility index (Phi) is 3.40. The number of allylic oxidation sites excluding steroid dienone is 1. The summed E-state index contributed by atoms with van der Waals surface area (Å²) in [6.45, 7) is 4.22. The molecule has 2 rings (SSSR count). The van der Waals surface area contributed by atoms with E-state index in [1.165, 1.54) is 11.3 Å². The molecule has 1 aliphatic rings. The highest BCUT2D eigenvalue weighted by molar-refractivity contribution is 5.82. The fourth-order valence-electron chi connectivity index (χ4n) is 1.98. The van der Waals surface area contributed by atoms with E-state index in [1.54, 1.807) is 0 Å². The number of nitrogens with one attached hydrogen (secondary N) is 1. The van der Waals surface area contributed by atoms with Crippen molar-refractivity contribution >= 4 is 5.84 Å². The lowest BCUT2D eigenvalue weighted by atomic mass is 10.0. The quantitative estimate of drug-likeness (QED) is 0.819.